The number of fused-ring (bicyclic) bond motifs is 2. The topological polar surface area (TPSA) is 90.0 Å². The Morgan fingerprint density at radius 3 is 2.97 bits per heavy atom. The Balaban J connectivity index is 0.00000240. The van der Waals surface area contributed by atoms with Crippen molar-refractivity contribution in [3.05, 3.63) is 69.8 Å². The van der Waals surface area contributed by atoms with Crippen molar-refractivity contribution in [1.29, 1.82) is 0 Å². The second kappa shape index (κ2) is 8.66. The van der Waals surface area contributed by atoms with Crippen LogP contribution >= 0.6 is 12.4 Å². The quantitative estimate of drug-likeness (QED) is 0.643. The first kappa shape index (κ1) is 20.9. The second-order valence-corrected chi connectivity index (χ2v) is 7.43. The molecule has 0 saturated carbocycles. The fourth-order valence-electron chi connectivity index (χ4n) is 3.97. The van der Waals surface area contributed by atoms with Crippen molar-refractivity contribution in [1.82, 2.24) is 14.9 Å². The SMILES string of the molecule is Cc1cccc2c(=O)n(CCC(=O)NC3CCCc4cc(N)ccc43)cnc12.Cl. The van der Waals surface area contributed by atoms with Gasteiger partial charge in [-0.05, 0) is 61.1 Å². The summed E-state index contributed by atoms with van der Waals surface area (Å²) in [5, 5.41) is 3.70. The van der Waals surface area contributed by atoms with Crippen molar-refractivity contribution in [2.45, 2.75) is 45.2 Å². The number of nitrogen functional groups attached to an aromatic ring is 1. The van der Waals surface area contributed by atoms with Crippen LogP contribution in [0.4, 0.5) is 5.69 Å². The Hall–Kier alpha value is -2.86. The summed E-state index contributed by atoms with van der Waals surface area (Å²) < 4.78 is 1.51. The fourth-order valence-corrected chi connectivity index (χ4v) is 3.97. The third-order valence-electron chi connectivity index (χ3n) is 5.45. The fraction of sp³-hybridized carbons (Fsp3) is 0.318. The molecular weight excluding hydrogens is 388 g/mol. The predicted molar refractivity (Wildman–Crippen MR) is 117 cm³/mol. The zero-order valence-electron chi connectivity index (χ0n) is 16.4. The van der Waals surface area contributed by atoms with Gasteiger partial charge in [-0.3, -0.25) is 14.2 Å². The van der Waals surface area contributed by atoms with Crippen molar-refractivity contribution >= 4 is 34.9 Å². The number of aromatic nitrogens is 2. The number of carbonyl (C=O) groups is 1. The standard InChI is InChI=1S/C22H24N4O2.ClH/c1-14-4-2-6-18-21(14)24-13-26(22(18)28)11-10-20(27)25-19-7-3-5-15-12-16(23)8-9-17(15)19;/h2,4,6,8-9,12-13,19H,3,5,7,10-11,23H2,1H3,(H,25,27);1H. The maximum absolute atomic E-state index is 12.7. The number of carbonyl (C=O) groups excluding carboxylic acids is 1. The van der Waals surface area contributed by atoms with Gasteiger partial charge in [0.1, 0.15) is 0 Å². The number of nitrogens with one attached hydrogen (secondary N) is 1. The van der Waals surface area contributed by atoms with Gasteiger partial charge in [-0.15, -0.1) is 12.4 Å². The molecule has 1 aliphatic carbocycles. The monoisotopic (exact) mass is 412 g/mol. The van der Waals surface area contributed by atoms with Gasteiger partial charge >= 0.3 is 0 Å². The van der Waals surface area contributed by atoms with Gasteiger partial charge < -0.3 is 11.1 Å². The largest absolute Gasteiger partial charge is 0.399 e. The van der Waals surface area contributed by atoms with E-state index >= 15 is 0 Å². The molecule has 7 heteroatoms. The lowest BCUT2D eigenvalue weighted by Crippen LogP contribution is -2.32. The zero-order valence-corrected chi connectivity index (χ0v) is 17.2. The number of benzene rings is 2. The molecule has 1 unspecified atom stereocenters. The summed E-state index contributed by atoms with van der Waals surface area (Å²) in [5.41, 5.74) is 10.6. The lowest BCUT2D eigenvalue weighted by molar-refractivity contribution is -0.122. The lowest BCUT2D eigenvalue weighted by Gasteiger charge is -2.26. The minimum atomic E-state index is -0.111. The minimum absolute atomic E-state index is 0. The van der Waals surface area contributed by atoms with Gasteiger partial charge in [-0.25, -0.2) is 4.98 Å². The Labute approximate surface area is 175 Å². The van der Waals surface area contributed by atoms with Crippen LogP contribution in [0.3, 0.4) is 0 Å². The van der Waals surface area contributed by atoms with Crippen molar-refractivity contribution in [2.75, 3.05) is 5.73 Å². The number of nitrogens with zero attached hydrogens (tertiary/aromatic N) is 2. The summed E-state index contributed by atoms with van der Waals surface area (Å²) in [7, 11) is 0. The highest BCUT2D eigenvalue weighted by atomic mass is 35.5. The molecule has 3 aromatic rings. The van der Waals surface area contributed by atoms with E-state index in [0.717, 1.165) is 36.1 Å². The van der Waals surface area contributed by atoms with Crippen LogP contribution in [0.5, 0.6) is 0 Å². The van der Waals surface area contributed by atoms with Gasteiger partial charge in [0.15, 0.2) is 0 Å². The maximum Gasteiger partial charge on any atom is 0.261 e. The van der Waals surface area contributed by atoms with Crippen LogP contribution in [0.1, 0.15) is 42.0 Å². The maximum atomic E-state index is 12.7. The van der Waals surface area contributed by atoms with E-state index in [4.69, 9.17) is 5.73 Å². The summed E-state index contributed by atoms with van der Waals surface area (Å²) in [4.78, 5) is 29.6. The zero-order chi connectivity index (χ0) is 19.7. The number of rotatable bonds is 4. The number of anilines is 1. The molecule has 0 bridgehead atoms. The van der Waals surface area contributed by atoms with E-state index in [-0.39, 0.29) is 36.3 Å². The molecule has 0 aliphatic heterocycles. The molecule has 6 nitrogen and oxygen atoms in total. The molecule has 0 radical (unpaired) electrons. The highest BCUT2D eigenvalue weighted by Crippen LogP contribution is 2.31. The van der Waals surface area contributed by atoms with Crippen LogP contribution in [0.15, 0.2) is 47.5 Å². The number of halogens is 1. The summed E-state index contributed by atoms with van der Waals surface area (Å²) in [6.45, 7) is 2.24. The molecule has 1 heterocycles. The number of hydrogen-bond acceptors (Lipinski definition) is 4. The Bertz CT molecular complexity index is 1110. The minimum Gasteiger partial charge on any atom is -0.399 e. The number of nitrogens with two attached hydrogens (primary N) is 1. The third-order valence-corrected chi connectivity index (χ3v) is 5.45. The normalized spacial score (nSPS) is 15.4. The number of para-hydroxylation sites is 1. The van der Waals surface area contributed by atoms with Crippen molar-refractivity contribution in [3.63, 3.8) is 0 Å². The molecule has 0 saturated heterocycles. The highest BCUT2D eigenvalue weighted by molar-refractivity contribution is 5.85. The van der Waals surface area contributed by atoms with E-state index in [0.29, 0.717) is 17.4 Å². The van der Waals surface area contributed by atoms with Crippen molar-refractivity contribution in [2.24, 2.45) is 0 Å². The van der Waals surface area contributed by atoms with Crippen LogP contribution in [-0.4, -0.2) is 15.5 Å². The first-order valence-corrected chi connectivity index (χ1v) is 9.65. The van der Waals surface area contributed by atoms with Gasteiger partial charge in [-0.1, -0.05) is 18.2 Å². The average Bonchev–Trinajstić information content (AvgIpc) is 2.68. The molecule has 152 valence electrons. The summed E-state index contributed by atoms with van der Waals surface area (Å²) in [5.74, 6) is -0.0640. The Morgan fingerprint density at radius 2 is 2.14 bits per heavy atom. The second-order valence-electron chi connectivity index (χ2n) is 7.43. The molecule has 1 amide bonds. The first-order chi connectivity index (χ1) is 13.5. The Morgan fingerprint density at radius 1 is 1.31 bits per heavy atom. The van der Waals surface area contributed by atoms with Gasteiger partial charge in [-0.2, -0.15) is 0 Å². The molecule has 1 aliphatic rings. The van der Waals surface area contributed by atoms with E-state index < -0.39 is 0 Å². The van der Waals surface area contributed by atoms with Crippen LogP contribution < -0.4 is 16.6 Å². The number of aryl methyl sites for hydroxylation is 3. The summed E-state index contributed by atoms with van der Waals surface area (Å²) in [6, 6.07) is 11.5. The number of amides is 1. The van der Waals surface area contributed by atoms with Gasteiger partial charge in [0, 0.05) is 18.7 Å². The van der Waals surface area contributed by atoms with Crippen LogP contribution in [0.2, 0.25) is 0 Å². The summed E-state index contributed by atoms with van der Waals surface area (Å²) >= 11 is 0. The molecule has 2 aromatic carbocycles. The molecular formula is C22H25ClN4O2. The molecule has 0 spiro atoms. The van der Waals surface area contributed by atoms with Crippen molar-refractivity contribution < 1.29 is 4.79 Å². The van der Waals surface area contributed by atoms with E-state index in [2.05, 4.69) is 10.3 Å². The summed E-state index contributed by atoms with van der Waals surface area (Å²) in [6.07, 6.45) is 4.70. The third kappa shape index (κ3) is 4.27. The van der Waals surface area contributed by atoms with E-state index in [1.54, 1.807) is 6.07 Å². The predicted octanol–water partition coefficient (Wildman–Crippen LogP) is 3.29. The van der Waals surface area contributed by atoms with Crippen LogP contribution in [0.25, 0.3) is 10.9 Å². The van der Waals surface area contributed by atoms with Crippen LogP contribution in [-0.2, 0) is 17.8 Å². The van der Waals surface area contributed by atoms with E-state index in [1.807, 2.05) is 37.3 Å². The lowest BCUT2D eigenvalue weighted by atomic mass is 9.87. The highest BCUT2D eigenvalue weighted by Gasteiger charge is 2.21. The van der Waals surface area contributed by atoms with E-state index in [1.165, 1.54) is 16.5 Å². The molecule has 29 heavy (non-hydrogen) atoms. The first-order valence-electron chi connectivity index (χ1n) is 9.65. The van der Waals surface area contributed by atoms with Gasteiger partial charge in [0.25, 0.3) is 5.56 Å². The smallest absolute Gasteiger partial charge is 0.261 e. The van der Waals surface area contributed by atoms with Crippen LogP contribution in [0, 0.1) is 6.92 Å². The molecule has 0 fully saturated rings. The Kier molecular flexibility index (Phi) is 6.23. The van der Waals surface area contributed by atoms with E-state index in [9.17, 15) is 9.59 Å². The van der Waals surface area contributed by atoms with Gasteiger partial charge in [0.2, 0.25) is 5.91 Å². The average molecular weight is 413 g/mol. The van der Waals surface area contributed by atoms with Gasteiger partial charge in [0.05, 0.1) is 23.3 Å². The van der Waals surface area contributed by atoms with Crippen molar-refractivity contribution in [3.8, 4) is 0 Å². The molecule has 3 N–H and O–H groups in total. The molecule has 1 atom stereocenters. The molecule has 1 aromatic heterocycles. The number of hydrogen-bond donors (Lipinski definition) is 2. The molecule has 4 rings (SSSR count).